The van der Waals surface area contributed by atoms with Gasteiger partial charge in [0.1, 0.15) is 10.8 Å². The Morgan fingerprint density at radius 3 is 2.85 bits per heavy atom. The number of aryl methyl sites for hydroxylation is 1. The fraction of sp³-hybridized carbons (Fsp3) is 0.300. The fourth-order valence-electron chi connectivity index (χ4n) is 3.17. The third-order valence-corrected chi connectivity index (χ3v) is 6.04. The molecule has 0 fully saturated rings. The summed E-state index contributed by atoms with van der Waals surface area (Å²) in [6, 6.07) is 5.62. The number of hydrogen-bond acceptors (Lipinski definition) is 4. The van der Waals surface area contributed by atoms with E-state index in [9.17, 15) is 9.59 Å². The number of fused-ring (bicyclic) bond motifs is 1. The highest BCUT2D eigenvalue weighted by Gasteiger charge is 2.24. The summed E-state index contributed by atoms with van der Waals surface area (Å²) in [5.74, 6) is -0.0908. The highest BCUT2D eigenvalue weighted by atomic mass is 79.9. The zero-order chi connectivity index (χ0) is 19.4. The van der Waals surface area contributed by atoms with Crippen molar-refractivity contribution in [3.05, 3.63) is 50.3 Å². The quantitative estimate of drug-likeness (QED) is 0.636. The first-order valence-corrected chi connectivity index (χ1v) is 10.5. The summed E-state index contributed by atoms with van der Waals surface area (Å²) in [4.78, 5) is 25.5. The lowest BCUT2D eigenvalue weighted by molar-refractivity contribution is -0.111. The smallest absolute Gasteiger partial charge is 0.251 e. The highest BCUT2D eigenvalue weighted by molar-refractivity contribution is 9.10. The Kier molecular flexibility index (Phi) is 6.34. The van der Waals surface area contributed by atoms with E-state index in [4.69, 9.17) is 10.5 Å². The summed E-state index contributed by atoms with van der Waals surface area (Å²) in [6.07, 6.45) is 7.05. The molecule has 1 aromatic heterocycles. The molecule has 0 saturated heterocycles. The number of carbonyl (C=O) groups excluding carboxylic acids is 2. The maximum atomic E-state index is 12.4. The highest BCUT2D eigenvalue weighted by Crippen LogP contribution is 2.38. The molecule has 7 heteroatoms. The van der Waals surface area contributed by atoms with E-state index in [1.165, 1.54) is 17.4 Å². The second kappa shape index (κ2) is 8.71. The summed E-state index contributed by atoms with van der Waals surface area (Å²) in [5.41, 5.74) is 7.83. The lowest BCUT2D eigenvalue weighted by Crippen LogP contribution is -2.17. The number of primary amides is 1. The van der Waals surface area contributed by atoms with E-state index in [0.29, 0.717) is 22.9 Å². The first-order chi connectivity index (χ1) is 13.0. The zero-order valence-corrected chi connectivity index (χ0v) is 17.4. The van der Waals surface area contributed by atoms with Crippen molar-refractivity contribution in [3.8, 4) is 5.75 Å². The molecule has 0 spiro atoms. The van der Waals surface area contributed by atoms with Crippen LogP contribution in [0.15, 0.2) is 28.7 Å². The molecular formula is C20H21BrN2O3S. The standard InChI is InChI=1S/C20H21BrN2O3S/c1-2-26-15-9-8-13(21)11-12(15)7-10-17(24)23-20-18(19(22)25)14-5-3-4-6-16(14)27-20/h7-11H,2-6H2,1H3,(H2,22,25)(H,23,24). The molecule has 142 valence electrons. The summed E-state index contributed by atoms with van der Waals surface area (Å²) in [6.45, 7) is 2.45. The number of nitrogens with one attached hydrogen (secondary N) is 1. The van der Waals surface area contributed by atoms with E-state index < -0.39 is 5.91 Å². The third kappa shape index (κ3) is 4.59. The largest absolute Gasteiger partial charge is 0.493 e. The van der Waals surface area contributed by atoms with Gasteiger partial charge >= 0.3 is 0 Å². The van der Waals surface area contributed by atoms with E-state index in [1.807, 2.05) is 25.1 Å². The van der Waals surface area contributed by atoms with Gasteiger partial charge in [0, 0.05) is 21.0 Å². The Labute approximate surface area is 170 Å². The minimum Gasteiger partial charge on any atom is -0.493 e. The van der Waals surface area contributed by atoms with Crippen molar-refractivity contribution < 1.29 is 14.3 Å². The predicted molar refractivity (Wildman–Crippen MR) is 112 cm³/mol. The van der Waals surface area contributed by atoms with Gasteiger partial charge in [0.2, 0.25) is 5.91 Å². The van der Waals surface area contributed by atoms with E-state index in [-0.39, 0.29) is 5.91 Å². The number of nitrogens with two attached hydrogens (primary N) is 1. The lowest BCUT2D eigenvalue weighted by atomic mass is 9.95. The molecule has 1 heterocycles. The van der Waals surface area contributed by atoms with Crippen LogP contribution in [0, 0.1) is 0 Å². The Morgan fingerprint density at radius 1 is 1.33 bits per heavy atom. The van der Waals surface area contributed by atoms with Crippen LogP contribution in [0.5, 0.6) is 5.75 Å². The van der Waals surface area contributed by atoms with Crippen LogP contribution in [-0.2, 0) is 17.6 Å². The number of hydrogen-bond donors (Lipinski definition) is 2. The molecule has 0 bridgehead atoms. The van der Waals surface area contributed by atoms with Gasteiger partial charge in [-0.2, -0.15) is 0 Å². The van der Waals surface area contributed by atoms with Crippen LogP contribution < -0.4 is 15.8 Å². The van der Waals surface area contributed by atoms with Crippen molar-refractivity contribution >= 4 is 50.2 Å². The molecule has 0 atom stereocenters. The molecule has 0 unspecified atom stereocenters. The van der Waals surface area contributed by atoms with Crippen LogP contribution in [0.25, 0.3) is 6.08 Å². The summed E-state index contributed by atoms with van der Waals surface area (Å²) in [5, 5.41) is 3.37. The normalized spacial score (nSPS) is 13.4. The predicted octanol–water partition coefficient (Wildman–Crippen LogP) is 4.54. The molecule has 0 aliphatic heterocycles. The van der Waals surface area contributed by atoms with Gasteiger partial charge in [-0.1, -0.05) is 15.9 Å². The van der Waals surface area contributed by atoms with Gasteiger partial charge in [0.25, 0.3) is 5.91 Å². The van der Waals surface area contributed by atoms with Gasteiger partial charge < -0.3 is 15.8 Å². The molecule has 3 rings (SSSR count). The molecule has 0 saturated carbocycles. The first kappa shape index (κ1) is 19.6. The third-order valence-electron chi connectivity index (χ3n) is 4.34. The Morgan fingerprint density at radius 2 is 2.11 bits per heavy atom. The topological polar surface area (TPSA) is 81.4 Å². The van der Waals surface area contributed by atoms with Gasteiger partial charge in [0.05, 0.1) is 12.2 Å². The molecular weight excluding hydrogens is 428 g/mol. The zero-order valence-electron chi connectivity index (χ0n) is 15.0. The molecule has 1 aliphatic rings. The molecule has 0 radical (unpaired) electrons. The molecule has 5 nitrogen and oxygen atoms in total. The fourth-order valence-corrected chi connectivity index (χ4v) is 4.85. The van der Waals surface area contributed by atoms with Gasteiger partial charge in [-0.05, 0) is 62.4 Å². The van der Waals surface area contributed by atoms with Crippen molar-refractivity contribution in [3.63, 3.8) is 0 Å². The maximum Gasteiger partial charge on any atom is 0.251 e. The monoisotopic (exact) mass is 448 g/mol. The Bertz CT molecular complexity index is 905. The summed E-state index contributed by atoms with van der Waals surface area (Å²) < 4.78 is 6.48. The van der Waals surface area contributed by atoms with Crippen LogP contribution in [-0.4, -0.2) is 18.4 Å². The van der Waals surface area contributed by atoms with Crippen LogP contribution in [0.4, 0.5) is 5.00 Å². The van der Waals surface area contributed by atoms with Gasteiger partial charge in [-0.25, -0.2) is 0 Å². The number of amides is 2. The molecule has 1 aliphatic carbocycles. The average molecular weight is 449 g/mol. The number of anilines is 1. The second-order valence-electron chi connectivity index (χ2n) is 6.22. The number of benzene rings is 1. The summed E-state index contributed by atoms with van der Waals surface area (Å²) in [7, 11) is 0. The maximum absolute atomic E-state index is 12.4. The number of rotatable bonds is 6. The summed E-state index contributed by atoms with van der Waals surface area (Å²) >= 11 is 4.88. The van der Waals surface area contributed by atoms with Crippen LogP contribution in [0.3, 0.4) is 0 Å². The molecule has 2 aromatic rings. The van der Waals surface area contributed by atoms with Crippen molar-refractivity contribution in [1.29, 1.82) is 0 Å². The average Bonchev–Trinajstić information content (AvgIpc) is 3.00. The van der Waals surface area contributed by atoms with Crippen molar-refractivity contribution in [1.82, 2.24) is 0 Å². The van der Waals surface area contributed by atoms with Crippen molar-refractivity contribution in [2.75, 3.05) is 11.9 Å². The molecule has 27 heavy (non-hydrogen) atoms. The number of thiophene rings is 1. The van der Waals surface area contributed by atoms with Crippen LogP contribution in [0.1, 0.15) is 46.1 Å². The number of halogens is 1. The Hall–Kier alpha value is -2.12. The van der Waals surface area contributed by atoms with Crippen LogP contribution >= 0.6 is 27.3 Å². The number of carbonyl (C=O) groups is 2. The van der Waals surface area contributed by atoms with Gasteiger partial charge in [-0.15, -0.1) is 11.3 Å². The SMILES string of the molecule is CCOc1ccc(Br)cc1C=CC(=O)Nc1sc2c(c1C(N)=O)CCCC2. The minimum absolute atomic E-state index is 0.307. The Balaban J connectivity index is 1.81. The van der Waals surface area contributed by atoms with Gasteiger partial charge in [0.15, 0.2) is 0 Å². The van der Waals surface area contributed by atoms with E-state index in [2.05, 4.69) is 21.2 Å². The van der Waals surface area contributed by atoms with E-state index >= 15 is 0 Å². The van der Waals surface area contributed by atoms with E-state index in [1.54, 1.807) is 6.08 Å². The van der Waals surface area contributed by atoms with Crippen LogP contribution in [0.2, 0.25) is 0 Å². The van der Waals surface area contributed by atoms with Crippen molar-refractivity contribution in [2.24, 2.45) is 5.73 Å². The van der Waals surface area contributed by atoms with Crippen molar-refractivity contribution in [2.45, 2.75) is 32.6 Å². The van der Waals surface area contributed by atoms with Gasteiger partial charge in [-0.3, -0.25) is 9.59 Å². The lowest BCUT2D eigenvalue weighted by Gasteiger charge is -2.11. The molecule has 1 aromatic carbocycles. The first-order valence-electron chi connectivity index (χ1n) is 8.85. The number of ether oxygens (including phenoxy) is 1. The molecule has 3 N–H and O–H groups in total. The molecule has 2 amide bonds. The second-order valence-corrected chi connectivity index (χ2v) is 8.24. The van der Waals surface area contributed by atoms with E-state index in [0.717, 1.165) is 46.2 Å². The minimum atomic E-state index is -0.487.